The largest absolute Gasteiger partial charge is 0.487 e. The lowest BCUT2D eigenvalue weighted by Gasteiger charge is -2.15. The summed E-state index contributed by atoms with van der Waals surface area (Å²) in [6.07, 6.45) is 3.67. The minimum atomic E-state index is -0.909. The van der Waals surface area contributed by atoms with Crippen LogP contribution in [0.3, 0.4) is 0 Å². The van der Waals surface area contributed by atoms with Gasteiger partial charge < -0.3 is 19.7 Å². The molecule has 1 aromatic heterocycles. The number of carboxylic acid groups (broad SMARTS) is 1. The van der Waals surface area contributed by atoms with Gasteiger partial charge in [-0.1, -0.05) is 36.4 Å². The van der Waals surface area contributed by atoms with E-state index in [2.05, 4.69) is 15.6 Å². The number of hydrogen-bond donors (Lipinski definition) is 3. The molecule has 3 heterocycles. The average Bonchev–Trinajstić information content (AvgIpc) is 3.46. The Bertz CT molecular complexity index is 1260. The van der Waals surface area contributed by atoms with Gasteiger partial charge in [-0.05, 0) is 11.6 Å². The number of carbonyl (C=O) groups excluding carboxylic acids is 1. The van der Waals surface area contributed by atoms with E-state index in [0.29, 0.717) is 30.9 Å². The molecule has 0 saturated carbocycles. The smallest absolute Gasteiger partial charge is 0.321 e. The highest BCUT2D eigenvalue weighted by Gasteiger charge is 2.32. The standard InChI is InChI=1S/C24H22N4O4/c1-28-13-25-11-16(28)9-20(24(30)31)26-10-14-6-7-17-15(8-14)12-32-22(17)21-18-4-2-3-5-19(18)27-23(21)29/h2-8,11,13,20,26H,9-10,12H2,1H3,(H,27,29)(H,30,31)/t20-/m0/s1. The number of para-hydroxylation sites is 1. The van der Waals surface area contributed by atoms with Gasteiger partial charge in [0.2, 0.25) is 0 Å². The van der Waals surface area contributed by atoms with Gasteiger partial charge in [0.25, 0.3) is 5.91 Å². The van der Waals surface area contributed by atoms with Crippen LogP contribution in [0.15, 0.2) is 55.0 Å². The SMILES string of the molecule is Cn1cncc1C[C@H](NCc1ccc2c(c1)COC2=C1C(=O)Nc2ccccc21)C(=O)O. The van der Waals surface area contributed by atoms with Crippen LogP contribution in [0, 0.1) is 0 Å². The van der Waals surface area contributed by atoms with E-state index in [1.807, 2.05) is 54.1 Å². The summed E-state index contributed by atoms with van der Waals surface area (Å²) in [5, 5.41) is 15.6. The number of imidazole rings is 1. The topological polar surface area (TPSA) is 105 Å². The Labute approximate surface area is 184 Å². The lowest BCUT2D eigenvalue weighted by Crippen LogP contribution is -2.38. The first kappa shape index (κ1) is 20.0. The van der Waals surface area contributed by atoms with Crippen LogP contribution in [0.4, 0.5) is 5.69 Å². The molecule has 0 aliphatic carbocycles. The quantitative estimate of drug-likeness (QED) is 0.519. The third-order valence-electron chi connectivity index (χ3n) is 5.87. The van der Waals surface area contributed by atoms with Crippen molar-refractivity contribution < 1.29 is 19.4 Å². The molecular weight excluding hydrogens is 408 g/mol. The molecule has 0 fully saturated rings. The van der Waals surface area contributed by atoms with E-state index in [1.54, 1.807) is 12.5 Å². The molecular formula is C24H22N4O4. The fourth-order valence-electron chi connectivity index (χ4n) is 4.15. The number of benzene rings is 2. The summed E-state index contributed by atoms with van der Waals surface area (Å²) in [6, 6.07) is 12.7. The first-order valence-corrected chi connectivity index (χ1v) is 10.3. The maximum Gasteiger partial charge on any atom is 0.321 e. The molecule has 3 aromatic rings. The molecule has 5 rings (SSSR count). The number of nitrogens with zero attached hydrogens (tertiary/aromatic N) is 2. The van der Waals surface area contributed by atoms with Crippen LogP contribution in [0.5, 0.6) is 0 Å². The number of aryl methyl sites for hydroxylation is 1. The van der Waals surface area contributed by atoms with Crippen molar-refractivity contribution >= 4 is 28.9 Å². The zero-order valence-electron chi connectivity index (χ0n) is 17.5. The predicted molar refractivity (Wildman–Crippen MR) is 118 cm³/mol. The summed E-state index contributed by atoms with van der Waals surface area (Å²) < 4.78 is 7.75. The second kappa shape index (κ2) is 7.97. The van der Waals surface area contributed by atoms with E-state index in [4.69, 9.17) is 4.74 Å². The Hall–Kier alpha value is -3.91. The van der Waals surface area contributed by atoms with Crippen LogP contribution in [-0.2, 0) is 40.9 Å². The number of ether oxygens (including phenoxy) is 1. The zero-order chi connectivity index (χ0) is 22.2. The Balaban J connectivity index is 1.36. The summed E-state index contributed by atoms with van der Waals surface area (Å²) in [6.45, 7) is 0.770. The number of aliphatic carboxylic acids is 1. The van der Waals surface area contributed by atoms with Crippen LogP contribution in [0.25, 0.3) is 11.3 Å². The van der Waals surface area contributed by atoms with Crippen LogP contribution >= 0.6 is 0 Å². The van der Waals surface area contributed by atoms with Crippen molar-refractivity contribution in [2.24, 2.45) is 7.05 Å². The summed E-state index contributed by atoms with van der Waals surface area (Å²) in [4.78, 5) is 28.3. The highest BCUT2D eigenvalue weighted by Crippen LogP contribution is 2.41. The zero-order valence-corrected chi connectivity index (χ0v) is 17.5. The summed E-state index contributed by atoms with van der Waals surface area (Å²) in [5.41, 5.74) is 5.83. The number of fused-ring (bicyclic) bond motifs is 2. The highest BCUT2D eigenvalue weighted by molar-refractivity contribution is 6.36. The number of nitrogens with one attached hydrogen (secondary N) is 2. The minimum Gasteiger partial charge on any atom is -0.487 e. The van der Waals surface area contributed by atoms with Crippen LogP contribution in [0.2, 0.25) is 0 Å². The molecule has 32 heavy (non-hydrogen) atoms. The van der Waals surface area contributed by atoms with Gasteiger partial charge in [0.15, 0.2) is 0 Å². The molecule has 3 N–H and O–H groups in total. The predicted octanol–water partition coefficient (Wildman–Crippen LogP) is 2.56. The monoisotopic (exact) mass is 430 g/mol. The summed E-state index contributed by atoms with van der Waals surface area (Å²) in [7, 11) is 1.84. The van der Waals surface area contributed by atoms with Gasteiger partial charge in [0.1, 0.15) is 18.4 Å². The Morgan fingerprint density at radius 3 is 2.91 bits per heavy atom. The number of aromatic nitrogens is 2. The van der Waals surface area contributed by atoms with E-state index in [0.717, 1.165) is 33.6 Å². The Morgan fingerprint density at radius 1 is 1.28 bits per heavy atom. The Kier molecular flexibility index (Phi) is 4.99. The molecule has 0 saturated heterocycles. The van der Waals surface area contributed by atoms with E-state index in [-0.39, 0.29) is 5.91 Å². The molecule has 0 spiro atoms. The second-order valence-corrected chi connectivity index (χ2v) is 7.96. The van der Waals surface area contributed by atoms with Crippen molar-refractivity contribution in [2.45, 2.75) is 25.6 Å². The van der Waals surface area contributed by atoms with Gasteiger partial charge in [-0.2, -0.15) is 0 Å². The van der Waals surface area contributed by atoms with E-state index in [9.17, 15) is 14.7 Å². The highest BCUT2D eigenvalue weighted by atomic mass is 16.5. The molecule has 0 radical (unpaired) electrons. The number of rotatable bonds is 6. The van der Waals surface area contributed by atoms with E-state index in [1.165, 1.54) is 0 Å². The molecule has 8 heteroatoms. The Morgan fingerprint density at radius 2 is 2.12 bits per heavy atom. The van der Waals surface area contributed by atoms with E-state index >= 15 is 0 Å². The van der Waals surface area contributed by atoms with Crippen molar-refractivity contribution in [3.63, 3.8) is 0 Å². The van der Waals surface area contributed by atoms with Gasteiger partial charge in [0.05, 0.1) is 11.9 Å². The number of amides is 1. The van der Waals surface area contributed by atoms with E-state index < -0.39 is 12.0 Å². The van der Waals surface area contributed by atoms with Crippen molar-refractivity contribution in [1.29, 1.82) is 0 Å². The van der Waals surface area contributed by atoms with Crippen LogP contribution in [0.1, 0.15) is 27.9 Å². The molecule has 2 aliphatic heterocycles. The first-order chi connectivity index (χ1) is 15.5. The van der Waals surface area contributed by atoms with Gasteiger partial charge >= 0.3 is 5.97 Å². The fourth-order valence-corrected chi connectivity index (χ4v) is 4.15. The number of carbonyl (C=O) groups is 2. The van der Waals surface area contributed by atoms with Gasteiger partial charge in [-0.25, -0.2) is 4.98 Å². The van der Waals surface area contributed by atoms with Crippen molar-refractivity contribution in [1.82, 2.24) is 14.9 Å². The van der Waals surface area contributed by atoms with Gasteiger partial charge in [-0.15, -0.1) is 0 Å². The van der Waals surface area contributed by atoms with Crippen molar-refractivity contribution in [2.75, 3.05) is 5.32 Å². The molecule has 1 atom stereocenters. The molecule has 0 bridgehead atoms. The average molecular weight is 430 g/mol. The third-order valence-corrected chi connectivity index (χ3v) is 5.87. The van der Waals surface area contributed by atoms with Crippen LogP contribution in [-0.4, -0.2) is 32.6 Å². The lowest BCUT2D eigenvalue weighted by atomic mass is 9.99. The number of anilines is 1. The van der Waals surface area contributed by atoms with Gasteiger partial charge in [0, 0.05) is 54.3 Å². The molecule has 1 amide bonds. The maximum atomic E-state index is 12.6. The lowest BCUT2D eigenvalue weighted by molar-refractivity contribution is -0.139. The molecule has 8 nitrogen and oxygen atoms in total. The van der Waals surface area contributed by atoms with Crippen molar-refractivity contribution in [3.05, 3.63) is 82.9 Å². The molecule has 2 aliphatic rings. The third kappa shape index (κ3) is 3.54. The first-order valence-electron chi connectivity index (χ1n) is 10.3. The second-order valence-electron chi connectivity index (χ2n) is 7.96. The van der Waals surface area contributed by atoms with Crippen LogP contribution < -0.4 is 10.6 Å². The molecule has 2 aromatic carbocycles. The molecule has 162 valence electrons. The normalized spacial score (nSPS) is 17.5. The van der Waals surface area contributed by atoms with Crippen molar-refractivity contribution in [3.8, 4) is 0 Å². The fraction of sp³-hybridized carbons (Fsp3) is 0.208. The minimum absolute atomic E-state index is 0.167. The molecule has 0 unspecified atom stereocenters. The maximum absolute atomic E-state index is 12.6. The number of hydrogen-bond acceptors (Lipinski definition) is 5. The number of carboxylic acids is 1. The van der Waals surface area contributed by atoms with Gasteiger partial charge in [-0.3, -0.25) is 14.9 Å². The summed E-state index contributed by atoms with van der Waals surface area (Å²) in [5.74, 6) is -0.491. The summed E-state index contributed by atoms with van der Waals surface area (Å²) >= 11 is 0.